The molecule has 3 rings (SSSR count). The summed E-state index contributed by atoms with van der Waals surface area (Å²) in [5.41, 5.74) is 14.7. The Morgan fingerprint density at radius 2 is 1.33 bits per heavy atom. The zero-order chi connectivity index (χ0) is 16.9. The fourth-order valence-electron chi connectivity index (χ4n) is 3.17. The van der Waals surface area contributed by atoms with Gasteiger partial charge in [-0.05, 0) is 34.7 Å². The molecule has 3 aromatic rings. The van der Waals surface area contributed by atoms with Crippen LogP contribution in [0.4, 0.5) is 0 Å². The summed E-state index contributed by atoms with van der Waals surface area (Å²) in [6, 6.07) is 23.6. The summed E-state index contributed by atoms with van der Waals surface area (Å²) in [7, 11) is 0. The SMILES string of the molecule is NC(Cc1ccccc1)C(O)C(N)Cc1cccc2ccccc12. The first kappa shape index (κ1) is 16.7. The summed E-state index contributed by atoms with van der Waals surface area (Å²) in [6.07, 6.45) is 0.472. The maximum absolute atomic E-state index is 10.5. The number of hydrogen-bond acceptors (Lipinski definition) is 3. The molecule has 124 valence electrons. The highest BCUT2D eigenvalue weighted by atomic mass is 16.3. The molecule has 5 N–H and O–H groups in total. The van der Waals surface area contributed by atoms with Crippen molar-refractivity contribution in [1.82, 2.24) is 0 Å². The molecule has 0 amide bonds. The van der Waals surface area contributed by atoms with Crippen molar-refractivity contribution in [1.29, 1.82) is 0 Å². The smallest absolute Gasteiger partial charge is 0.0848 e. The van der Waals surface area contributed by atoms with Crippen LogP contribution in [0.2, 0.25) is 0 Å². The molecule has 3 aromatic carbocycles. The minimum absolute atomic E-state index is 0.377. The second-order valence-corrected chi connectivity index (χ2v) is 6.35. The van der Waals surface area contributed by atoms with Crippen LogP contribution in [0.25, 0.3) is 10.8 Å². The predicted molar refractivity (Wildman–Crippen MR) is 99.8 cm³/mol. The Balaban J connectivity index is 1.70. The molecule has 0 heterocycles. The van der Waals surface area contributed by atoms with Crippen molar-refractivity contribution in [2.45, 2.75) is 31.0 Å². The third-order valence-corrected chi connectivity index (χ3v) is 4.53. The number of aliphatic hydroxyl groups is 1. The van der Waals surface area contributed by atoms with E-state index in [0.29, 0.717) is 12.8 Å². The average Bonchev–Trinajstić information content (AvgIpc) is 2.62. The van der Waals surface area contributed by atoms with E-state index in [-0.39, 0.29) is 6.04 Å². The van der Waals surface area contributed by atoms with E-state index in [0.717, 1.165) is 11.1 Å². The van der Waals surface area contributed by atoms with E-state index in [2.05, 4.69) is 24.3 Å². The lowest BCUT2D eigenvalue weighted by Crippen LogP contribution is -2.49. The summed E-state index contributed by atoms with van der Waals surface area (Å²) in [4.78, 5) is 0. The van der Waals surface area contributed by atoms with Crippen LogP contribution < -0.4 is 11.5 Å². The first-order valence-corrected chi connectivity index (χ1v) is 8.35. The Bertz CT molecular complexity index is 783. The summed E-state index contributed by atoms with van der Waals surface area (Å²) < 4.78 is 0. The minimum atomic E-state index is -0.746. The van der Waals surface area contributed by atoms with Crippen molar-refractivity contribution in [3.63, 3.8) is 0 Å². The van der Waals surface area contributed by atoms with Crippen molar-refractivity contribution in [2.24, 2.45) is 11.5 Å². The zero-order valence-electron chi connectivity index (χ0n) is 13.7. The van der Waals surface area contributed by atoms with E-state index in [4.69, 9.17) is 11.5 Å². The number of benzene rings is 3. The maximum Gasteiger partial charge on any atom is 0.0848 e. The first-order chi connectivity index (χ1) is 11.6. The van der Waals surface area contributed by atoms with E-state index in [9.17, 15) is 5.11 Å². The van der Waals surface area contributed by atoms with Crippen LogP contribution in [0.15, 0.2) is 72.8 Å². The molecule has 0 saturated heterocycles. The zero-order valence-corrected chi connectivity index (χ0v) is 13.7. The number of fused-ring (bicyclic) bond motifs is 1. The fraction of sp³-hybridized carbons (Fsp3) is 0.238. The molecule has 0 radical (unpaired) electrons. The van der Waals surface area contributed by atoms with Gasteiger partial charge in [0.15, 0.2) is 0 Å². The van der Waals surface area contributed by atoms with Gasteiger partial charge in [-0.15, -0.1) is 0 Å². The molecule has 0 aliphatic carbocycles. The first-order valence-electron chi connectivity index (χ1n) is 8.35. The normalized spacial score (nSPS) is 15.1. The van der Waals surface area contributed by atoms with E-state index < -0.39 is 12.1 Å². The van der Waals surface area contributed by atoms with E-state index in [1.807, 2.05) is 48.5 Å². The lowest BCUT2D eigenvalue weighted by molar-refractivity contribution is 0.116. The van der Waals surface area contributed by atoms with Gasteiger partial charge in [-0.25, -0.2) is 0 Å². The summed E-state index contributed by atoms with van der Waals surface area (Å²) in [5, 5.41) is 12.9. The van der Waals surface area contributed by atoms with E-state index in [1.165, 1.54) is 10.8 Å². The van der Waals surface area contributed by atoms with Gasteiger partial charge in [0.05, 0.1) is 6.10 Å². The van der Waals surface area contributed by atoms with Crippen molar-refractivity contribution in [3.05, 3.63) is 83.9 Å². The molecule has 3 atom stereocenters. The molecular weight excluding hydrogens is 296 g/mol. The van der Waals surface area contributed by atoms with Crippen molar-refractivity contribution >= 4 is 10.8 Å². The van der Waals surface area contributed by atoms with Crippen LogP contribution in [-0.2, 0) is 12.8 Å². The Morgan fingerprint density at radius 3 is 2.12 bits per heavy atom. The van der Waals surface area contributed by atoms with Gasteiger partial charge in [0.25, 0.3) is 0 Å². The molecule has 0 aliphatic rings. The molecule has 24 heavy (non-hydrogen) atoms. The van der Waals surface area contributed by atoms with Crippen LogP contribution in [0.1, 0.15) is 11.1 Å². The number of rotatable bonds is 6. The highest BCUT2D eigenvalue weighted by molar-refractivity contribution is 5.85. The van der Waals surface area contributed by atoms with Gasteiger partial charge >= 0.3 is 0 Å². The topological polar surface area (TPSA) is 72.3 Å². The predicted octanol–water partition coefficient (Wildman–Crippen LogP) is 2.64. The van der Waals surface area contributed by atoms with Crippen LogP contribution in [-0.4, -0.2) is 23.3 Å². The number of hydrogen-bond donors (Lipinski definition) is 3. The van der Waals surface area contributed by atoms with Crippen LogP contribution >= 0.6 is 0 Å². The van der Waals surface area contributed by atoms with Crippen LogP contribution in [0.5, 0.6) is 0 Å². The second kappa shape index (κ2) is 7.58. The monoisotopic (exact) mass is 320 g/mol. The van der Waals surface area contributed by atoms with Crippen molar-refractivity contribution in [2.75, 3.05) is 0 Å². The molecule has 0 spiro atoms. The minimum Gasteiger partial charge on any atom is -0.390 e. The Kier molecular flexibility index (Phi) is 5.26. The Hall–Kier alpha value is -2.20. The molecule has 3 nitrogen and oxygen atoms in total. The highest BCUT2D eigenvalue weighted by Crippen LogP contribution is 2.20. The molecule has 0 aliphatic heterocycles. The van der Waals surface area contributed by atoms with Crippen molar-refractivity contribution in [3.8, 4) is 0 Å². The molecule has 3 heteroatoms. The third kappa shape index (κ3) is 3.82. The fourth-order valence-corrected chi connectivity index (χ4v) is 3.17. The Morgan fingerprint density at radius 1 is 0.708 bits per heavy atom. The molecule has 0 fully saturated rings. The molecule has 0 aromatic heterocycles. The van der Waals surface area contributed by atoms with Gasteiger partial charge in [-0.3, -0.25) is 0 Å². The lowest BCUT2D eigenvalue weighted by atomic mass is 9.92. The van der Waals surface area contributed by atoms with Crippen LogP contribution in [0, 0.1) is 0 Å². The summed E-state index contributed by atoms with van der Waals surface area (Å²) >= 11 is 0. The van der Waals surface area contributed by atoms with Crippen molar-refractivity contribution < 1.29 is 5.11 Å². The molecule has 0 bridgehead atoms. The largest absolute Gasteiger partial charge is 0.390 e. The average molecular weight is 320 g/mol. The van der Waals surface area contributed by atoms with E-state index in [1.54, 1.807) is 0 Å². The van der Waals surface area contributed by atoms with Gasteiger partial charge in [0, 0.05) is 12.1 Å². The molecule has 3 unspecified atom stereocenters. The Labute approximate surface area is 142 Å². The standard InChI is InChI=1S/C21H24N2O/c22-19(13-15-7-2-1-3-8-15)21(24)20(23)14-17-11-6-10-16-9-4-5-12-18(16)17/h1-12,19-21,24H,13-14,22-23H2. The summed E-state index contributed by atoms with van der Waals surface area (Å²) in [6.45, 7) is 0. The van der Waals surface area contributed by atoms with Gasteiger partial charge in [0.2, 0.25) is 0 Å². The van der Waals surface area contributed by atoms with Gasteiger partial charge in [0.1, 0.15) is 0 Å². The summed E-state index contributed by atoms with van der Waals surface area (Å²) in [5.74, 6) is 0. The van der Waals surface area contributed by atoms with Crippen LogP contribution in [0.3, 0.4) is 0 Å². The van der Waals surface area contributed by atoms with Gasteiger partial charge in [-0.1, -0.05) is 72.8 Å². The van der Waals surface area contributed by atoms with Gasteiger partial charge < -0.3 is 16.6 Å². The highest BCUT2D eigenvalue weighted by Gasteiger charge is 2.23. The second-order valence-electron chi connectivity index (χ2n) is 6.35. The molecule has 0 saturated carbocycles. The molecular formula is C21H24N2O. The lowest BCUT2D eigenvalue weighted by Gasteiger charge is -2.25. The third-order valence-electron chi connectivity index (χ3n) is 4.53. The maximum atomic E-state index is 10.5. The van der Waals surface area contributed by atoms with Gasteiger partial charge in [-0.2, -0.15) is 0 Å². The number of nitrogens with two attached hydrogens (primary N) is 2. The quantitative estimate of drug-likeness (QED) is 0.654. The number of aliphatic hydroxyl groups excluding tert-OH is 1. The van der Waals surface area contributed by atoms with E-state index >= 15 is 0 Å².